The standard InChI is InChI=1S/C29H36N5O18P/c1-12(25(42)31-17(28(46)47)4-6-21(38)30-16(27(44)45)5-7-22(39)40)52-53(49,50)51-11-20(37)23(41)19(36)10-34-18-9-14(35)3-2-13(18)8-15-24(34)32-29(48)33-26(15)43/h2-3,8-9,12,16-17,19-20,23,36-37,41H,4-7,10-11H2,1H3,(H,30,38)(H,31,42)(H,39,40)(H,44,45)(H,46,47)(H,49,50)(H2,32,33,43,48)/p-4. The van der Waals surface area contributed by atoms with Crippen molar-refractivity contribution < 1.29 is 73.1 Å². The number of aromatic nitrogens is 3. The van der Waals surface area contributed by atoms with E-state index in [2.05, 4.69) is 14.0 Å². The maximum absolute atomic E-state index is 12.5. The molecule has 7 atom stereocenters. The van der Waals surface area contributed by atoms with Crippen molar-refractivity contribution in [2.45, 2.75) is 75.7 Å². The van der Waals surface area contributed by atoms with Gasteiger partial charge in [-0.15, -0.1) is 0 Å². The Kier molecular flexibility index (Phi) is 14.3. The van der Waals surface area contributed by atoms with Crippen LogP contribution in [0.3, 0.4) is 0 Å². The number of fused-ring (bicyclic) bond motifs is 2. The number of H-pyrrole nitrogens is 2. The van der Waals surface area contributed by atoms with Crippen LogP contribution < -0.4 is 47.5 Å². The van der Waals surface area contributed by atoms with Gasteiger partial charge in [-0.2, -0.15) is 0 Å². The summed E-state index contributed by atoms with van der Waals surface area (Å²) in [6, 6.07) is 1.32. The minimum absolute atomic E-state index is 0.0740. The second-order valence-electron chi connectivity index (χ2n) is 11.5. The van der Waals surface area contributed by atoms with Gasteiger partial charge in [-0.05, 0) is 49.9 Å². The molecule has 53 heavy (non-hydrogen) atoms. The number of pyridine rings is 1. The largest absolute Gasteiger partial charge is 0.756 e. The molecule has 0 saturated heterocycles. The van der Waals surface area contributed by atoms with Crippen molar-refractivity contribution in [2.75, 3.05) is 6.61 Å². The highest BCUT2D eigenvalue weighted by Crippen LogP contribution is 2.40. The maximum Gasteiger partial charge on any atom is 0.327 e. The fraction of sp³-hybridized carbons (Fsp3) is 0.448. The number of aliphatic carboxylic acids is 3. The number of carboxylic acid groups (broad SMARTS) is 3. The summed E-state index contributed by atoms with van der Waals surface area (Å²) in [4.78, 5) is 111. The zero-order chi connectivity index (χ0) is 39.8. The van der Waals surface area contributed by atoms with Crippen LogP contribution >= 0.6 is 7.82 Å². The predicted octanol–water partition coefficient (Wildman–Crippen LogP) is -7.76. The Morgan fingerprint density at radius 3 is 2.15 bits per heavy atom. The number of carbonyl (C=O) groups excluding carboxylic acids is 5. The first kappa shape index (κ1) is 42.1. The Balaban J connectivity index is 1.59. The summed E-state index contributed by atoms with van der Waals surface area (Å²) in [5.74, 6) is -7.83. The lowest BCUT2D eigenvalue weighted by atomic mass is 10.0. The third-order valence-electron chi connectivity index (χ3n) is 7.56. The van der Waals surface area contributed by atoms with Crippen molar-refractivity contribution >= 4 is 48.6 Å². The molecule has 0 saturated carbocycles. The van der Waals surface area contributed by atoms with E-state index in [9.17, 15) is 78.5 Å². The van der Waals surface area contributed by atoms with Crippen molar-refractivity contribution in [2.24, 2.45) is 0 Å². The number of nitrogens with one attached hydrogen (secondary N) is 4. The number of nitrogens with zero attached hydrogens (tertiary/aromatic N) is 1. The van der Waals surface area contributed by atoms with Crippen LogP contribution in [0.2, 0.25) is 0 Å². The first-order valence-corrected chi connectivity index (χ1v) is 16.8. The van der Waals surface area contributed by atoms with Gasteiger partial charge in [-0.3, -0.25) is 33.7 Å². The number of carboxylic acids is 3. The number of phosphoric ester groups is 1. The Morgan fingerprint density at radius 1 is 0.906 bits per heavy atom. The van der Waals surface area contributed by atoms with Crippen LogP contribution in [0.1, 0.15) is 32.6 Å². The van der Waals surface area contributed by atoms with Gasteiger partial charge in [0, 0.05) is 18.5 Å². The van der Waals surface area contributed by atoms with E-state index in [4.69, 9.17) is 0 Å². The lowest BCUT2D eigenvalue weighted by Crippen LogP contribution is -2.52. The fourth-order valence-electron chi connectivity index (χ4n) is 4.86. The number of aromatic amines is 2. The summed E-state index contributed by atoms with van der Waals surface area (Å²) in [5, 5.41) is 68.5. The summed E-state index contributed by atoms with van der Waals surface area (Å²) < 4.78 is 22.5. The van der Waals surface area contributed by atoms with Gasteiger partial charge in [0.05, 0.1) is 48.3 Å². The van der Waals surface area contributed by atoms with E-state index >= 15 is 0 Å². The minimum Gasteiger partial charge on any atom is -0.756 e. The third kappa shape index (κ3) is 11.9. The monoisotopic (exact) mass is 769 g/mol. The number of hydrogen-bond acceptors (Lipinski definition) is 18. The van der Waals surface area contributed by atoms with Gasteiger partial charge in [-0.1, -0.05) is 0 Å². The molecule has 7 unspecified atom stereocenters. The normalized spacial score (nSPS) is 16.1. The predicted molar refractivity (Wildman–Crippen MR) is 166 cm³/mol. The van der Waals surface area contributed by atoms with E-state index in [1.54, 1.807) is 0 Å². The highest BCUT2D eigenvalue weighted by molar-refractivity contribution is 7.45. The van der Waals surface area contributed by atoms with Gasteiger partial charge >= 0.3 is 5.69 Å². The summed E-state index contributed by atoms with van der Waals surface area (Å²) in [5.41, 5.74) is -2.01. The number of aliphatic hydroxyl groups excluding tert-OH is 3. The second kappa shape index (κ2) is 18.0. The molecule has 23 nitrogen and oxygen atoms in total. The molecule has 3 rings (SSSR count). The number of aliphatic hydroxyl groups is 3. The summed E-state index contributed by atoms with van der Waals surface area (Å²) in [6.45, 7) is -1.09. The summed E-state index contributed by atoms with van der Waals surface area (Å²) in [7, 11) is -5.53. The van der Waals surface area contributed by atoms with E-state index in [-0.39, 0.29) is 16.7 Å². The van der Waals surface area contributed by atoms with Gasteiger partial charge < -0.3 is 74.2 Å². The molecule has 0 bridgehead atoms. The Labute approximate surface area is 295 Å². The molecule has 0 radical (unpaired) electrons. The average Bonchev–Trinajstić information content (AvgIpc) is 3.06. The van der Waals surface area contributed by atoms with Crippen LogP contribution in [0.15, 0.2) is 38.6 Å². The minimum atomic E-state index is -5.53. The number of carbonyl (C=O) groups is 5. The van der Waals surface area contributed by atoms with E-state index in [1.165, 1.54) is 18.2 Å². The van der Waals surface area contributed by atoms with Gasteiger partial charge in [-0.25, -0.2) is 4.79 Å². The first-order valence-electron chi connectivity index (χ1n) is 15.4. The quantitative estimate of drug-likeness (QED) is 0.0414. The fourth-order valence-corrected chi connectivity index (χ4v) is 5.74. The van der Waals surface area contributed by atoms with Crippen LogP contribution in [0.4, 0.5) is 0 Å². The van der Waals surface area contributed by atoms with E-state index in [0.717, 1.165) is 17.6 Å². The van der Waals surface area contributed by atoms with Gasteiger partial charge in [0.15, 0.2) is 5.43 Å². The molecule has 7 N–H and O–H groups in total. The third-order valence-corrected chi connectivity index (χ3v) is 8.60. The van der Waals surface area contributed by atoms with Crippen LogP contribution in [-0.2, 0) is 44.1 Å². The molecule has 290 valence electrons. The summed E-state index contributed by atoms with van der Waals surface area (Å²) in [6.07, 6.45) is -11.1. The number of hydrogen-bond donors (Lipinski definition) is 7. The van der Waals surface area contributed by atoms with Crippen LogP contribution in [0, 0.1) is 0 Å². The molecule has 0 fully saturated rings. The van der Waals surface area contributed by atoms with Gasteiger partial charge in [0.2, 0.25) is 11.8 Å². The molecule has 1 aliphatic carbocycles. The molecule has 0 spiro atoms. The van der Waals surface area contributed by atoms with E-state index < -0.39 is 130 Å². The van der Waals surface area contributed by atoms with Crippen LogP contribution in [-0.4, -0.2) is 103 Å². The highest BCUT2D eigenvalue weighted by Gasteiger charge is 2.30. The summed E-state index contributed by atoms with van der Waals surface area (Å²) >= 11 is 0. The molecule has 1 aromatic heterocycles. The molecule has 1 aliphatic heterocycles. The molecule has 1 aromatic rings. The number of benzene rings is 1. The molecule has 2 amide bonds. The first-order chi connectivity index (χ1) is 24.7. The SMILES string of the molecule is CC(OP(=O)([O-])OCC(O)C(O)C(O)Cn1c2cc(=O)ccc-2cc2c(=O)[nH]c(=O)[nH]c21)C(=O)NC(CCC(=O)NC(CCC(=O)[O-])C(=O)[O-])C(=O)[O-]. The van der Waals surface area contributed by atoms with Gasteiger partial charge in [0.25, 0.3) is 13.4 Å². The van der Waals surface area contributed by atoms with Gasteiger partial charge in [0.1, 0.15) is 30.1 Å². The molecule has 2 heterocycles. The smallest absolute Gasteiger partial charge is 0.327 e. The van der Waals surface area contributed by atoms with Crippen molar-refractivity contribution in [3.05, 3.63) is 55.3 Å². The number of amides is 2. The molecular formula is C29H32N5O18P-4. The molecule has 2 aliphatic rings. The highest BCUT2D eigenvalue weighted by atomic mass is 31.2. The lowest BCUT2D eigenvalue weighted by Gasteiger charge is -2.30. The molecular weight excluding hydrogens is 737 g/mol. The maximum atomic E-state index is 12.5. The van der Waals surface area contributed by atoms with Crippen LogP contribution in [0.25, 0.3) is 22.3 Å². The Morgan fingerprint density at radius 2 is 1.53 bits per heavy atom. The number of rotatable bonds is 20. The Hall–Kier alpha value is -5.29. The van der Waals surface area contributed by atoms with Crippen molar-refractivity contribution in [3.8, 4) is 11.3 Å². The van der Waals surface area contributed by atoms with E-state index in [1.807, 2.05) is 15.6 Å². The van der Waals surface area contributed by atoms with Crippen LogP contribution in [0.5, 0.6) is 0 Å². The van der Waals surface area contributed by atoms with Crippen molar-refractivity contribution in [1.82, 2.24) is 25.2 Å². The average molecular weight is 770 g/mol. The molecule has 24 heteroatoms. The zero-order valence-corrected chi connectivity index (χ0v) is 28.3. The second-order valence-corrected chi connectivity index (χ2v) is 12.9. The zero-order valence-electron chi connectivity index (χ0n) is 27.4. The van der Waals surface area contributed by atoms with E-state index in [0.29, 0.717) is 5.56 Å². The topological polar surface area (TPSA) is 386 Å². The van der Waals surface area contributed by atoms with Crippen molar-refractivity contribution in [1.29, 1.82) is 0 Å². The Bertz CT molecular complexity index is 2040. The lowest BCUT2D eigenvalue weighted by molar-refractivity contribution is -0.311. The molecule has 0 aromatic carbocycles. The number of phosphoric acid groups is 1. The van der Waals surface area contributed by atoms with Crippen molar-refractivity contribution in [3.63, 3.8) is 0 Å².